The molecule has 0 aliphatic heterocycles. The highest BCUT2D eigenvalue weighted by molar-refractivity contribution is 5.77. The van der Waals surface area contributed by atoms with Crippen LogP contribution < -0.4 is 4.74 Å². The molecule has 5 nitrogen and oxygen atoms in total. The molecule has 0 aromatic heterocycles. The predicted molar refractivity (Wildman–Crippen MR) is 77.8 cm³/mol. The van der Waals surface area contributed by atoms with Crippen molar-refractivity contribution in [2.75, 3.05) is 7.11 Å². The summed E-state index contributed by atoms with van der Waals surface area (Å²) in [5.74, 6) is 0.351. The lowest BCUT2D eigenvalue weighted by Crippen LogP contribution is -1.92. The average molecular weight is 280 g/mol. The molecule has 2 aromatic rings. The smallest absolute Gasteiger partial charge is 0.240 e. The second-order valence-corrected chi connectivity index (χ2v) is 4.19. The molecule has 2 aromatic carbocycles. The fourth-order valence-electron chi connectivity index (χ4n) is 2.05. The summed E-state index contributed by atoms with van der Waals surface area (Å²) in [5.41, 5.74) is 2.26. The molecule has 21 heavy (non-hydrogen) atoms. The molecule has 5 heteroatoms. The number of carbonyl (C=O) groups excluding carboxylic acids is 2. The van der Waals surface area contributed by atoms with E-state index in [0.717, 1.165) is 11.1 Å². The molecule has 0 saturated heterocycles. The molecular weight excluding hydrogens is 268 g/mol. The van der Waals surface area contributed by atoms with Crippen LogP contribution in [0.3, 0.4) is 0 Å². The molecule has 0 aliphatic rings. The molecule has 0 N–H and O–H groups in total. The Bertz CT molecular complexity index is 729. The molecular formula is C16H12N2O3. The SMILES string of the molecule is COc1ccc(Cc2ccccc2)c(N=C=O)c1N=C=O. The molecule has 0 aliphatic carbocycles. The van der Waals surface area contributed by atoms with E-state index in [9.17, 15) is 9.59 Å². The van der Waals surface area contributed by atoms with E-state index in [1.54, 1.807) is 12.1 Å². The van der Waals surface area contributed by atoms with Gasteiger partial charge in [0.2, 0.25) is 12.2 Å². The Morgan fingerprint density at radius 2 is 1.62 bits per heavy atom. The van der Waals surface area contributed by atoms with Gasteiger partial charge in [-0.15, -0.1) is 0 Å². The van der Waals surface area contributed by atoms with Gasteiger partial charge in [-0.2, -0.15) is 9.98 Å². The van der Waals surface area contributed by atoms with Gasteiger partial charge < -0.3 is 4.74 Å². The van der Waals surface area contributed by atoms with Crippen LogP contribution in [0, 0.1) is 0 Å². The molecule has 0 heterocycles. The van der Waals surface area contributed by atoms with E-state index in [4.69, 9.17) is 4.74 Å². The molecule has 0 bridgehead atoms. The molecule has 0 spiro atoms. The van der Waals surface area contributed by atoms with Gasteiger partial charge in [0.25, 0.3) is 0 Å². The van der Waals surface area contributed by atoms with Gasteiger partial charge in [-0.3, -0.25) is 0 Å². The maximum atomic E-state index is 10.7. The summed E-state index contributed by atoms with van der Waals surface area (Å²) in [4.78, 5) is 28.5. The number of aliphatic imine (C=N–C) groups is 2. The highest BCUT2D eigenvalue weighted by atomic mass is 16.5. The van der Waals surface area contributed by atoms with Crippen LogP contribution in [-0.2, 0) is 16.0 Å². The number of nitrogens with zero attached hydrogens (tertiary/aromatic N) is 2. The van der Waals surface area contributed by atoms with Crippen LogP contribution in [0.2, 0.25) is 0 Å². The third-order valence-electron chi connectivity index (χ3n) is 2.97. The fourth-order valence-corrected chi connectivity index (χ4v) is 2.05. The summed E-state index contributed by atoms with van der Waals surface area (Å²) in [5, 5.41) is 0. The van der Waals surface area contributed by atoms with Crippen LogP contribution in [0.25, 0.3) is 0 Å². The van der Waals surface area contributed by atoms with Crippen LogP contribution in [0.5, 0.6) is 5.75 Å². The van der Waals surface area contributed by atoms with Crippen LogP contribution in [0.15, 0.2) is 52.4 Å². The van der Waals surface area contributed by atoms with Gasteiger partial charge >= 0.3 is 0 Å². The van der Waals surface area contributed by atoms with Crippen molar-refractivity contribution in [1.82, 2.24) is 0 Å². The van der Waals surface area contributed by atoms with Crippen LogP contribution in [0.1, 0.15) is 11.1 Å². The molecule has 0 fully saturated rings. The van der Waals surface area contributed by atoms with E-state index in [1.165, 1.54) is 19.3 Å². The average Bonchev–Trinajstić information content (AvgIpc) is 2.52. The zero-order valence-corrected chi connectivity index (χ0v) is 11.4. The maximum absolute atomic E-state index is 10.7. The number of benzene rings is 2. The van der Waals surface area contributed by atoms with Gasteiger partial charge in [-0.1, -0.05) is 36.4 Å². The normalized spacial score (nSPS) is 9.38. The number of isocyanates is 2. The number of hydrogen-bond donors (Lipinski definition) is 0. The third kappa shape index (κ3) is 3.31. The lowest BCUT2D eigenvalue weighted by Gasteiger charge is -2.10. The summed E-state index contributed by atoms with van der Waals surface area (Å²) in [6.07, 6.45) is 3.49. The first-order valence-electron chi connectivity index (χ1n) is 6.19. The van der Waals surface area contributed by atoms with Crippen molar-refractivity contribution in [2.45, 2.75) is 6.42 Å². The first-order chi connectivity index (χ1) is 10.3. The first-order valence-corrected chi connectivity index (χ1v) is 6.19. The minimum absolute atomic E-state index is 0.185. The van der Waals surface area contributed by atoms with E-state index in [0.29, 0.717) is 12.2 Å². The quantitative estimate of drug-likeness (QED) is 0.623. The summed E-state index contributed by atoms with van der Waals surface area (Å²) in [6.45, 7) is 0. The van der Waals surface area contributed by atoms with Gasteiger partial charge in [0.15, 0.2) is 0 Å². The highest BCUT2D eigenvalue weighted by Gasteiger charge is 2.14. The lowest BCUT2D eigenvalue weighted by atomic mass is 10.0. The van der Waals surface area contributed by atoms with Crippen molar-refractivity contribution >= 4 is 23.5 Å². The van der Waals surface area contributed by atoms with Crippen molar-refractivity contribution in [3.8, 4) is 5.75 Å². The molecule has 0 amide bonds. The van der Waals surface area contributed by atoms with Crippen molar-refractivity contribution in [3.63, 3.8) is 0 Å². The number of ether oxygens (including phenoxy) is 1. The largest absolute Gasteiger partial charge is 0.494 e. The molecule has 104 valence electrons. The Morgan fingerprint density at radius 1 is 0.952 bits per heavy atom. The Morgan fingerprint density at radius 3 is 2.24 bits per heavy atom. The van der Waals surface area contributed by atoms with Gasteiger partial charge in [0.1, 0.15) is 17.1 Å². The molecule has 0 atom stereocenters. The van der Waals surface area contributed by atoms with Gasteiger partial charge in [-0.05, 0) is 23.6 Å². The Hall–Kier alpha value is -3.00. The first kappa shape index (κ1) is 14.4. The van der Waals surface area contributed by atoms with E-state index >= 15 is 0 Å². The standard InChI is InChI=1S/C16H12N2O3/c1-21-14-8-7-13(9-12-5-3-2-4-6-12)15(17-10-19)16(14)18-11-20/h2-8H,9H2,1H3. The zero-order valence-electron chi connectivity index (χ0n) is 11.4. The van der Waals surface area contributed by atoms with Crippen molar-refractivity contribution < 1.29 is 14.3 Å². The number of rotatable bonds is 5. The third-order valence-corrected chi connectivity index (χ3v) is 2.97. The summed E-state index contributed by atoms with van der Waals surface area (Å²) >= 11 is 0. The minimum atomic E-state index is 0.185. The Balaban J connectivity index is 2.57. The van der Waals surface area contributed by atoms with Crippen LogP contribution >= 0.6 is 0 Å². The van der Waals surface area contributed by atoms with Gasteiger partial charge in [0.05, 0.1) is 7.11 Å². The lowest BCUT2D eigenvalue weighted by molar-refractivity contribution is 0.416. The van der Waals surface area contributed by atoms with Crippen molar-refractivity contribution in [2.24, 2.45) is 9.98 Å². The van der Waals surface area contributed by atoms with E-state index < -0.39 is 0 Å². The second-order valence-electron chi connectivity index (χ2n) is 4.19. The number of methoxy groups -OCH3 is 1. The van der Waals surface area contributed by atoms with E-state index in [1.807, 2.05) is 30.3 Å². The summed E-state index contributed by atoms with van der Waals surface area (Å²) < 4.78 is 5.13. The van der Waals surface area contributed by atoms with Crippen LogP contribution in [-0.4, -0.2) is 19.3 Å². The maximum Gasteiger partial charge on any atom is 0.240 e. The van der Waals surface area contributed by atoms with Gasteiger partial charge in [-0.25, -0.2) is 9.59 Å². The van der Waals surface area contributed by atoms with Crippen molar-refractivity contribution in [3.05, 3.63) is 53.6 Å². The Kier molecular flexibility index (Phi) is 4.78. The fraction of sp³-hybridized carbons (Fsp3) is 0.125. The predicted octanol–water partition coefficient (Wildman–Crippen LogP) is 3.22. The molecule has 0 radical (unpaired) electrons. The highest BCUT2D eigenvalue weighted by Crippen LogP contribution is 2.40. The zero-order chi connectivity index (χ0) is 15.1. The second kappa shape index (κ2) is 6.96. The molecule has 0 unspecified atom stereocenters. The summed E-state index contributed by atoms with van der Waals surface area (Å²) in [6, 6.07) is 13.1. The minimum Gasteiger partial charge on any atom is -0.494 e. The Labute approximate surface area is 121 Å². The van der Waals surface area contributed by atoms with Crippen LogP contribution in [0.4, 0.5) is 11.4 Å². The molecule has 2 rings (SSSR count). The van der Waals surface area contributed by atoms with Crippen molar-refractivity contribution in [1.29, 1.82) is 0 Å². The summed E-state index contributed by atoms with van der Waals surface area (Å²) in [7, 11) is 1.45. The number of hydrogen-bond acceptors (Lipinski definition) is 5. The topological polar surface area (TPSA) is 68.1 Å². The van der Waals surface area contributed by atoms with E-state index in [-0.39, 0.29) is 11.4 Å². The van der Waals surface area contributed by atoms with E-state index in [2.05, 4.69) is 9.98 Å². The monoisotopic (exact) mass is 280 g/mol. The molecule has 0 saturated carbocycles. The van der Waals surface area contributed by atoms with Gasteiger partial charge in [0, 0.05) is 0 Å².